The Morgan fingerprint density at radius 3 is 2.31 bits per heavy atom. The molecule has 0 aliphatic heterocycles. The molecule has 0 aliphatic rings. The average Bonchev–Trinajstić information content (AvgIpc) is 1.85. The van der Waals surface area contributed by atoms with Crippen LogP contribution >= 0.6 is 0 Å². The first kappa shape index (κ1) is 14.5. The van der Waals surface area contributed by atoms with Gasteiger partial charge in [-0.25, -0.2) is 0 Å². The topological polar surface area (TPSA) is 69.2 Å². The van der Waals surface area contributed by atoms with Crippen LogP contribution < -0.4 is 10.2 Å². The number of benzene rings is 1. The van der Waals surface area contributed by atoms with Crippen LogP contribution in [0.1, 0.15) is 13.8 Å². The minimum absolute atomic E-state index is 0. The van der Waals surface area contributed by atoms with Crippen LogP contribution in [-0.4, -0.2) is 24.9 Å². The molecule has 0 fully saturated rings. The third-order valence-corrected chi connectivity index (χ3v) is 1.23. The van der Waals surface area contributed by atoms with Gasteiger partial charge in [0.15, 0.2) is 0 Å². The van der Waals surface area contributed by atoms with Gasteiger partial charge in [-0.1, -0.05) is 0 Å². The molecule has 0 bridgehead atoms. The van der Waals surface area contributed by atoms with E-state index in [0.717, 1.165) is 11.2 Å². The predicted molar refractivity (Wildman–Crippen MR) is 51.5 cm³/mol. The van der Waals surface area contributed by atoms with Crippen molar-refractivity contribution in [1.82, 2.24) is 0 Å². The molecule has 3 nitrogen and oxygen atoms in total. The molecule has 2 N–H and O–H groups in total. The standard InChI is InChI=1S/C9H11BO.2H2O/c1-7(2)11-9-5-3-4-8(10)6-9;;/h3-7H,1-2H3;2*1H2/q+2;;/p-2. The van der Waals surface area contributed by atoms with E-state index in [4.69, 9.17) is 12.6 Å². The van der Waals surface area contributed by atoms with Crippen molar-refractivity contribution in [3.8, 4) is 5.75 Å². The average molecular weight is 180 g/mol. The molecule has 0 aliphatic carbocycles. The molecule has 0 saturated heterocycles. The zero-order chi connectivity index (χ0) is 8.27. The van der Waals surface area contributed by atoms with E-state index in [-0.39, 0.29) is 17.1 Å². The van der Waals surface area contributed by atoms with Crippen molar-refractivity contribution in [3.05, 3.63) is 24.3 Å². The second-order valence-electron chi connectivity index (χ2n) is 2.74. The molecule has 0 heterocycles. The van der Waals surface area contributed by atoms with Crippen LogP contribution in [0.15, 0.2) is 24.3 Å². The monoisotopic (exact) mass is 180 g/mol. The van der Waals surface area contributed by atoms with Crippen LogP contribution in [0.5, 0.6) is 5.75 Å². The molecule has 1 rings (SSSR count). The summed E-state index contributed by atoms with van der Waals surface area (Å²) in [4.78, 5) is 0. The summed E-state index contributed by atoms with van der Waals surface area (Å²) in [7, 11) is 5.55. The van der Waals surface area contributed by atoms with E-state index >= 15 is 0 Å². The first-order chi connectivity index (χ1) is 5.18. The first-order valence-corrected chi connectivity index (χ1v) is 3.70. The molecule has 1 aromatic carbocycles. The smallest absolute Gasteiger partial charge is 0.870 e. The number of hydrogen-bond donors (Lipinski definition) is 0. The maximum atomic E-state index is 5.55. The third-order valence-electron chi connectivity index (χ3n) is 1.23. The van der Waals surface area contributed by atoms with Gasteiger partial charge in [0.1, 0.15) is 0 Å². The predicted octanol–water partition coefficient (Wildman–Crippen LogP) is 0.914. The summed E-state index contributed by atoms with van der Waals surface area (Å²) in [5.41, 5.74) is 0.739. The van der Waals surface area contributed by atoms with E-state index in [1.807, 2.05) is 38.1 Å². The summed E-state index contributed by atoms with van der Waals surface area (Å²) in [5, 5.41) is 0. The Balaban J connectivity index is 0. The largest absolute Gasteiger partial charge is 0.870 e. The van der Waals surface area contributed by atoms with Crippen molar-refractivity contribution in [3.63, 3.8) is 0 Å². The van der Waals surface area contributed by atoms with Crippen LogP contribution in [-0.2, 0) is 0 Å². The Bertz CT molecular complexity index is 238. The van der Waals surface area contributed by atoms with Gasteiger partial charge in [0.2, 0.25) is 0 Å². The molecule has 1 aromatic rings. The van der Waals surface area contributed by atoms with Crippen molar-refractivity contribution in [2.45, 2.75) is 20.0 Å². The zero-order valence-electron chi connectivity index (χ0n) is 7.77. The fourth-order valence-electron chi connectivity index (χ4n) is 0.860. The Kier molecular flexibility index (Phi) is 7.28. The molecular weight excluding hydrogens is 167 g/mol. The Morgan fingerprint density at radius 2 is 1.85 bits per heavy atom. The fourth-order valence-corrected chi connectivity index (χ4v) is 0.860. The molecule has 0 amide bonds. The minimum Gasteiger partial charge on any atom is -0.870 e. The summed E-state index contributed by atoms with van der Waals surface area (Å²) in [5.74, 6) is 0.833. The summed E-state index contributed by atoms with van der Waals surface area (Å²) >= 11 is 0. The van der Waals surface area contributed by atoms with Crippen molar-refractivity contribution >= 4 is 13.3 Å². The van der Waals surface area contributed by atoms with E-state index in [2.05, 4.69) is 0 Å². The molecule has 0 spiro atoms. The van der Waals surface area contributed by atoms with Gasteiger partial charge in [0.05, 0.1) is 0 Å². The van der Waals surface area contributed by atoms with Crippen LogP contribution in [0.25, 0.3) is 0 Å². The van der Waals surface area contributed by atoms with Crippen LogP contribution in [0.2, 0.25) is 0 Å². The summed E-state index contributed by atoms with van der Waals surface area (Å²) < 4.78 is 5.42. The quantitative estimate of drug-likeness (QED) is 0.635. The molecule has 0 saturated carbocycles. The van der Waals surface area contributed by atoms with E-state index in [0.29, 0.717) is 0 Å². The fraction of sp³-hybridized carbons (Fsp3) is 0.333. The third kappa shape index (κ3) is 5.28. The number of ether oxygens (including phenoxy) is 1. The van der Waals surface area contributed by atoms with Gasteiger partial charge in [-0.3, -0.25) is 0 Å². The molecule has 0 unspecified atom stereocenters. The zero-order valence-corrected chi connectivity index (χ0v) is 7.77. The van der Waals surface area contributed by atoms with Crippen LogP contribution in [0.4, 0.5) is 0 Å². The maximum Gasteiger partial charge on any atom is -0.870 e. The van der Waals surface area contributed by atoms with E-state index < -0.39 is 0 Å². The molecular formula is C9H13BO3. The van der Waals surface area contributed by atoms with Crippen LogP contribution in [0.3, 0.4) is 0 Å². The SMILES string of the molecule is [B+2]c1cccc(OC(C)C)c1.[OH-].[OH-]. The van der Waals surface area contributed by atoms with E-state index in [9.17, 15) is 0 Å². The second-order valence-corrected chi connectivity index (χ2v) is 2.74. The number of rotatable bonds is 2. The van der Waals surface area contributed by atoms with Gasteiger partial charge in [0, 0.05) is 0 Å². The van der Waals surface area contributed by atoms with Gasteiger partial charge in [-0.2, -0.15) is 0 Å². The molecule has 0 radical (unpaired) electrons. The normalized spacial score (nSPS) is 8.69. The molecule has 0 aromatic heterocycles. The Hall–Kier alpha value is -0.995. The van der Waals surface area contributed by atoms with Gasteiger partial charge >= 0.3 is 68.0 Å². The van der Waals surface area contributed by atoms with Crippen molar-refractivity contribution in [1.29, 1.82) is 0 Å². The molecule has 13 heavy (non-hydrogen) atoms. The van der Waals surface area contributed by atoms with Gasteiger partial charge < -0.3 is 11.0 Å². The van der Waals surface area contributed by atoms with E-state index in [1.165, 1.54) is 0 Å². The van der Waals surface area contributed by atoms with Gasteiger partial charge in [-0.15, -0.1) is 0 Å². The molecule has 0 atom stereocenters. The maximum absolute atomic E-state index is 5.55. The van der Waals surface area contributed by atoms with Crippen molar-refractivity contribution in [2.75, 3.05) is 0 Å². The summed E-state index contributed by atoms with van der Waals surface area (Å²) in [6.45, 7) is 3.98. The van der Waals surface area contributed by atoms with Crippen molar-refractivity contribution in [2.24, 2.45) is 0 Å². The second kappa shape index (κ2) is 6.51. The van der Waals surface area contributed by atoms with E-state index in [1.54, 1.807) is 0 Å². The minimum atomic E-state index is 0. The first-order valence-electron chi connectivity index (χ1n) is 3.70. The molecule has 4 heteroatoms. The Labute approximate surface area is 79.8 Å². The summed E-state index contributed by atoms with van der Waals surface area (Å²) in [6.07, 6.45) is 0.205. The summed E-state index contributed by atoms with van der Waals surface area (Å²) in [6, 6.07) is 7.44. The number of hydrogen-bond acceptors (Lipinski definition) is 3. The van der Waals surface area contributed by atoms with Crippen LogP contribution in [0, 0.1) is 0 Å². The molecule has 70 valence electrons. The Morgan fingerprint density at radius 1 is 1.23 bits per heavy atom. The van der Waals surface area contributed by atoms with Gasteiger partial charge in [-0.05, 0) is 0 Å². The van der Waals surface area contributed by atoms with Gasteiger partial charge in [0.25, 0.3) is 0 Å². The van der Waals surface area contributed by atoms with Crippen molar-refractivity contribution < 1.29 is 15.7 Å².